The number of nitrogens with zero attached hydrogens (tertiary/aromatic N) is 1. The summed E-state index contributed by atoms with van der Waals surface area (Å²) in [5, 5.41) is 7.04. The molecule has 22 heavy (non-hydrogen) atoms. The van der Waals surface area contributed by atoms with Crippen LogP contribution in [0.4, 0.5) is 5.69 Å². The van der Waals surface area contributed by atoms with Crippen LogP contribution in [0.3, 0.4) is 0 Å². The Morgan fingerprint density at radius 1 is 1.18 bits per heavy atom. The lowest BCUT2D eigenvalue weighted by atomic mass is 10.3. The highest BCUT2D eigenvalue weighted by atomic mass is 32.1. The molecule has 1 aromatic carbocycles. The first-order valence-corrected chi connectivity index (χ1v) is 8.13. The lowest BCUT2D eigenvalue weighted by Crippen LogP contribution is -2.31. The first-order chi connectivity index (χ1) is 10.7. The van der Waals surface area contributed by atoms with E-state index in [1.807, 2.05) is 18.2 Å². The van der Waals surface area contributed by atoms with E-state index in [1.54, 1.807) is 14.2 Å². The van der Waals surface area contributed by atoms with Crippen LogP contribution in [0.15, 0.2) is 18.2 Å². The van der Waals surface area contributed by atoms with Crippen LogP contribution in [-0.4, -0.2) is 50.4 Å². The summed E-state index contributed by atoms with van der Waals surface area (Å²) >= 11 is 5.32. The minimum atomic E-state index is 0.633. The van der Waals surface area contributed by atoms with Gasteiger partial charge >= 0.3 is 0 Å². The predicted molar refractivity (Wildman–Crippen MR) is 94.1 cm³/mol. The van der Waals surface area contributed by atoms with Crippen LogP contribution in [0.5, 0.6) is 11.5 Å². The number of likely N-dealkylation sites (tertiary alicyclic amines) is 1. The van der Waals surface area contributed by atoms with Crippen molar-refractivity contribution < 1.29 is 9.47 Å². The SMILES string of the molecule is COc1ccc(NC(=S)NCCCN2CCCC2)cc1OC. The van der Waals surface area contributed by atoms with Crippen molar-refractivity contribution in [1.29, 1.82) is 0 Å². The molecule has 1 aliphatic rings. The molecule has 0 saturated carbocycles. The van der Waals surface area contributed by atoms with E-state index in [0.717, 1.165) is 25.2 Å². The van der Waals surface area contributed by atoms with Gasteiger partial charge in [-0.05, 0) is 63.2 Å². The van der Waals surface area contributed by atoms with Crippen molar-refractivity contribution in [3.8, 4) is 11.5 Å². The molecule has 0 aromatic heterocycles. The summed E-state index contributed by atoms with van der Waals surface area (Å²) in [4.78, 5) is 2.51. The number of anilines is 1. The van der Waals surface area contributed by atoms with Gasteiger partial charge in [0.1, 0.15) is 0 Å². The summed E-state index contributed by atoms with van der Waals surface area (Å²) in [6, 6.07) is 5.65. The zero-order valence-electron chi connectivity index (χ0n) is 13.4. The number of thiocarbonyl (C=S) groups is 1. The molecular weight excluding hydrogens is 298 g/mol. The lowest BCUT2D eigenvalue weighted by molar-refractivity contribution is 0.334. The number of hydrogen-bond acceptors (Lipinski definition) is 4. The fourth-order valence-corrected chi connectivity index (χ4v) is 2.82. The number of rotatable bonds is 7. The van der Waals surface area contributed by atoms with Crippen molar-refractivity contribution in [2.75, 3.05) is 45.7 Å². The minimum absolute atomic E-state index is 0.633. The maximum Gasteiger partial charge on any atom is 0.170 e. The topological polar surface area (TPSA) is 45.8 Å². The van der Waals surface area contributed by atoms with Gasteiger partial charge in [-0.3, -0.25) is 0 Å². The molecule has 2 rings (SSSR count). The average molecular weight is 323 g/mol. The normalized spacial score (nSPS) is 14.6. The molecular formula is C16H25N3O2S. The second kappa shape index (κ2) is 8.80. The summed E-state index contributed by atoms with van der Waals surface area (Å²) in [5.74, 6) is 1.39. The first-order valence-electron chi connectivity index (χ1n) is 7.72. The lowest BCUT2D eigenvalue weighted by Gasteiger charge is -2.16. The number of hydrogen-bond donors (Lipinski definition) is 2. The van der Waals surface area contributed by atoms with E-state index in [4.69, 9.17) is 21.7 Å². The van der Waals surface area contributed by atoms with Crippen molar-refractivity contribution in [2.45, 2.75) is 19.3 Å². The van der Waals surface area contributed by atoms with Crippen LogP contribution in [0.2, 0.25) is 0 Å². The average Bonchev–Trinajstić information content (AvgIpc) is 3.04. The second-order valence-corrected chi connectivity index (χ2v) is 5.76. The molecule has 0 atom stereocenters. The van der Waals surface area contributed by atoms with Gasteiger partial charge in [0, 0.05) is 18.3 Å². The molecule has 122 valence electrons. The van der Waals surface area contributed by atoms with Crippen molar-refractivity contribution >= 4 is 23.0 Å². The van der Waals surface area contributed by atoms with Crippen LogP contribution < -0.4 is 20.1 Å². The monoisotopic (exact) mass is 323 g/mol. The Kier molecular flexibility index (Phi) is 6.74. The van der Waals surface area contributed by atoms with Crippen molar-refractivity contribution in [1.82, 2.24) is 10.2 Å². The number of nitrogens with one attached hydrogen (secondary N) is 2. The summed E-state index contributed by atoms with van der Waals surface area (Å²) in [5.41, 5.74) is 0.884. The van der Waals surface area contributed by atoms with Gasteiger partial charge in [-0.25, -0.2) is 0 Å². The van der Waals surface area contributed by atoms with E-state index in [9.17, 15) is 0 Å². The molecule has 5 nitrogen and oxygen atoms in total. The van der Waals surface area contributed by atoms with E-state index in [0.29, 0.717) is 16.6 Å². The Balaban J connectivity index is 1.72. The molecule has 2 N–H and O–H groups in total. The molecule has 1 fully saturated rings. The Morgan fingerprint density at radius 3 is 2.59 bits per heavy atom. The van der Waals surface area contributed by atoms with Gasteiger partial charge in [-0.1, -0.05) is 0 Å². The fourth-order valence-electron chi connectivity index (χ4n) is 2.60. The summed E-state index contributed by atoms with van der Waals surface area (Å²) in [6.07, 6.45) is 3.78. The highest BCUT2D eigenvalue weighted by molar-refractivity contribution is 7.80. The van der Waals surface area contributed by atoms with E-state index in [-0.39, 0.29) is 0 Å². The molecule has 0 spiro atoms. The van der Waals surface area contributed by atoms with E-state index in [1.165, 1.54) is 25.9 Å². The Hall–Kier alpha value is -1.53. The second-order valence-electron chi connectivity index (χ2n) is 5.35. The van der Waals surface area contributed by atoms with Gasteiger partial charge in [-0.2, -0.15) is 0 Å². The maximum absolute atomic E-state index is 5.32. The minimum Gasteiger partial charge on any atom is -0.493 e. The van der Waals surface area contributed by atoms with Crippen LogP contribution in [0, 0.1) is 0 Å². The van der Waals surface area contributed by atoms with Crippen LogP contribution in [-0.2, 0) is 0 Å². The van der Waals surface area contributed by atoms with Crippen LogP contribution in [0.1, 0.15) is 19.3 Å². The number of benzene rings is 1. The molecule has 0 aliphatic carbocycles. The molecule has 1 aromatic rings. The van der Waals surface area contributed by atoms with Gasteiger partial charge < -0.3 is 25.0 Å². The van der Waals surface area contributed by atoms with Crippen LogP contribution >= 0.6 is 12.2 Å². The highest BCUT2D eigenvalue weighted by Gasteiger charge is 2.10. The Labute approximate surface area is 138 Å². The third-order valence-corrected chi connectivity index (χ3v) is 4.02. The van der Waals surface area contributed by atoms with Crippen LogP contribution in [0.25, 0.3) is 0 Å². The highest BCUT2D eigenvalue weighted by Crippen LogP contribution is 2.29. The Morgan fingerprint density at radius 2 is 1.91 bits per heavy atom. The number of ether oxygens (including phenoxy) is 2. The molecule has 1 aliphatic heterocycles. The molecule has 1 heterocycles. The van der Waals surface area contributed by atoms with Crippen molar-refractivity contribution in [2.24, 2.45) is 0 Å². The summed E-state index contributed by atoms with van der Waals surface area (Å²) < 4.78 is 10.5. The van der Waals surface area contributed by atoms with Gasteiger partial charge in [-0.15, -0.1) is 0 Å². The zero-order chi connectivity index (χ0) is 15.8. The van der Waals surface area contributed by atoms with Gasteiger partial charge in [0.25, 0.3) is 0 Å². The number of methoxy groups -OCH3 is 2. The Bertz CT molecular complexity index is 490. The predicted octanol–water partition coefficient (Wildman–Crippen LogP) is 2.48. The molecule has 0 amide bonds. The quantitative estimate of drug-likeness (QED) is 0.594. The van der Waals surface area contributed by atoms with E-state index in [2.05, 4.69) is 15.5 Å². The molecule has 1 saturated heterocycles. The maximum atomic E-state index is 5.32. The fraction of sp³-hybridized carbons (Fsp3) is 0.562. The standard InChI is InChI=1S/C16H25N3O2S/c1-20-14-7-6-13(12-15(14)21-2)18-16(22)17-8-5-11-19-9-3-4-10-19/h6-7,12H,3-5,8-11H2,1-2H3,(H2,17,18,22). The molecule has 0 bridgehead atoms. The van der Waals surface area contributed by atoms with Gasteiger partial charge in [0.05, 0.1) is 14.2 Å². The zero-order valence-corrected chi connectivity index (χ0v) is 14.2. The van der Waals surface area contributed by atoms with E-state index < -0.39 is 0 Å². The van der Waals surface area contributed by atoms with Crippen molar-refractivity contribution in [3.05, 3.63) is 18.2 Å². The largest absolute Gasteiger partial charge is 0.493 e. The third kappa shape index (κ3) is 5.03. The summed E-state index contributed by atoms with van der Waals surface area (Å²) in [6.45, 7) is 4.52. The van der Waals surface area contributed by atoms with Crippen molar-refractivity contribution in [3.63, 3.8) is 0 Å². The smallest absolute Gasteiger partial charge is 0.170 e. The third-order valence-electron chi connectivity index (χ3n) is 3.78. The van der Waals surface area contributed by atoms with Gasteiger partial charge in [0.2, 0.25) is 0 Å². The molecule has 6 heteroatoms. The summed E-state index contributed by atoms with van der Waals surface area (Å²) in [7, 11) is 3.24. The molecule has 0 radical (unpaired) electrons. The first kappa shape index (κ1) is 16.8. The van der Waals surface area contributed by atoms with E-state index >= 15 is 0 Å². The molecule has 0 unspecified atom stereocenters. The van der Waals surface area contributed by atoms with Gasteiger partial charge in [0.15, 0.2) is 16.6 Å².